The predicted molar refractivity (Wildman–Crippen MR) is 209 cm³/mol. The van der Waals surface area contributed by atoms with Gasteiger partial charge in [0.2, 0.25) is 0 Å². The molecule has 0 aliphatic heterocycles. The lowest BCUT2D eigenvalue weighted by molar-refractivity contribution is 0.670. The predicted octanol–water partition coefficient (Wildman–Crippen LogP) is 12.2. The Kier molecular flexibility index (Phi) is 6.91. The fourth-order valence-electron chi connectivity index (χ4n) is 7.58. The maximum absolute atomic E-state index is 6.69. The van der Waals surface area contributed by atoms with Gasteiger partial charge in [-0.15, -0.1) is 0 Å². The summed E-state index contributed by atoms with van der Waals surface area (Å²) in [5, 5.41) is 4.44. The van der Waals surface area contributed by atoms with Gasteiger partial charge in [-0.05, 0) is 63.6 Å². The SMILES string of the molecule is C1=Cc2c(-c3ccccc3)ccc(-c3nc(-c4ccccc4)nc(-c4cccc5oc6c(-c7ccc8ccccc8c7)cccc6c45)n3)c2CC1. The largest absolute Gasteiger partial charge is 0.455 e. The van der Waals surface area contributed by atoms with Crippen LogP contribution < -0.4 is 0 Å². The van der Waals surface area contributed by atoms with E-state index < -0.39 is 0 Å². The molecule has 2 heterocycles. The lowest BCUT2D eigenvalue weighted by Crippen LogP contribution is -2.05. The van der Waals surface area contributed by atoms with Crippen LogP contribution in [0.4, 0.5) is 0 Å². The summed E-state index contributed by atoms with van der Waals surface area (Å²) >= 11 is 0. The highest BCUT2D eigenvalue weighted by Gasteiger charge is 2.22. The number of fused-ring (bicyclic) bond motifs is 5. The van der Waals surface area contributed by atoms with Gasteiger partial charge >= 0.3 is 0 Å². The van der Waals surface area contributed by atoms with Crippen LogP contribution in [0, 0.1) is 0 Å². The summed E-state index contributed by atoms with van der Waals surface area (Å²) in [6.07, 6.45) is 6.42. The van der Waals surface area contributed by atoms with E-state index in [2.05, 4.69) is 133 Å². The first kappa shape index (κ1) is 29.3. The lowest BCUT2D eigenvalue weighted by atomic mass is 9.86. The van der Waals surface area contributed by atoms with Gasteiger partial charge in [0, 0.05) is 33.0 Å². The minimum atomic E-state index is 0.621. The second kappa shape index (κ2) is 12.0. The summed E-state index contributed by atoms with van der Waals surface area (Å²) in [4.78, 5) is 15.6. The summed E-state index contributed by atoms with van der Waals surface area (Å²) in [7, 11) is 0. The molecule has 0 radical (unpaired) electrons. The van der Waals surface area contributed by atoms with Crippen molar-refractivity contribution in [2.45, 2.75) is 12.8 Å². The molecule has 1 aliphatic carbocycles. The number of nitrogens with zero attached hydrogens (tertiary/aromatic N) is 3. The average Bonchev–Trinajstić information content (AvgIpc) is 3.60. The molecule has 0 saturated carbocycles. The molecule has 51 heavy (non-hydrogen) atoms. The molecule has 4 nitrogen and oxygen atoms in total. The minimum absolute atomic E-state index is 0.621. The first-order chi connectivity index (χ1) is 25.3. The number of furan rings is 1. The Hall–Kier alpha value is -6.65. The molecular formula is C47H31N3O. The van der Waals surface area contributed by atoms with Crippen LogP contribution in [0.3, 0.4) is 0 Å². The summed E-state index contributed by atoms with van der Waals surface area (Å²) in [5.74, 6) is 1.94. The first-order valence-corrected chi connectivity index (χ1v) is 17.4. The van der Waals surface area contributed by atoms with E-state index in [-0.39, 0.29) is 0 Å². The molecule has 9 aromatic rings. The van der Waals surface area contributed by atoms with E-state index in [1.807, 2.05) is 30.3 Å². The van der Waals surface area contributed by atoms with E-state index in [4.69, 9.17) is 19.4 Å². The topological polar surface area (TPSA) is 51.8 Å². The van der Waals surface area contributed by atoms with Crippen LogP contribution in [0.5, 0.6) is 0 Å². The Morgan fingerprint density at radius 1 is 0.471 bits per heavy atom. The Morgan fingerprint density at radius 2 is 1.16 bits per heavy atom. The molecule has 0 unspecified atom stereocenters. The Labute approximate surface area is 295 Å². The molecule has 0 amide bonds. The highest BCUT2D eigenvalue weighted by Crippen LogP contribution is 2.42. The van der Waals surface area contributed by atoms with Crippen LogP contribution >= 0.6 is 0 Å². The van der Waals surface area contributed by atoms with Crippen LogP contribution in [0.25, 0.3) is 95.2 Å². The van der Waals surface area contributed by atoms with Crippen molar-refractivity contribution in [2.75, 3.05) is 0 Å². The van der Waals surface area contributed by atoms with Crippen molar-refractivity contribution in [3.63, 3.8) is 0 Å². The van der Waals surface area contributed by atoms with E-state index in [1.165, 1.54) is 33.0 Å². The van der Waals surface area contributed by atoms with Crippen molar-refractivity contribution in [1.82, 2.24) is 15.0 Å². The number of hydrogen-bond donors (Lipinski definition) is 0. The second-order valence-corrected chi connectivity index (χ2v) is 13.1. The molecule has 240 valence electrons. The first-order valence-electron chi connectivity index (χ1n) is 17.4. The van der Waals surface area contributed by atoms with Crippen molar-refractivity contribution in [1.29, 1.82) is 0 Å². The third-order valence-electron chi connectivity index (χ3n) is 10.0. The van der Waals surface area contributed by atoms with Gasteiger partial charge in [-0.2, -0.15) is 0 Å². The molecule has 7 aromatic carbocycles. The van der Waals surface area contributed by atoms with Gasteiger partial charge in [0.25, 0.3) is 0 Å². The smallest absolute Gasteiger partial charge is 0.164 e. The molecule has 4 heteroatoms. The monoisotopic (exact) mass is 653 g/mol. The molecule has 0 bridgehead atoms. The maximum atomic E-state index is 6.69. The quantitative estimate of drug-likeness (QED) is 0.185. The zero-order valence-electron chi connectivity index (χ0n) is 27.8. The number of para-hydroxylation sites is 1. The van der Waals surface area contributed by atoms with Crippen molar-refractivity contribution in [2.24, 2.45) is 0 Å². The van der Waals surface area contributed by atoms with Crippen molar-refractivity contribution >= 4 is 38.8 Å². The van der Waals surface area contributed by atoms with Crippen LogP contribution in [0.15, 0.2) is 162 Å². The third-order valence-corrected chi connectivity index (χ3v) is 10.0. The van der Waals surface area contributed by atoms with Gasteiger partial charge < -0.3 is 4.42 Å². The van der Waals surface area contributed by atoms with Gasteiger partial charge in [-0.3, -0.25) is 0 Å². The van der Waals surface area contributed by atoms with E-state index in [9.17, 15) is 0 Å². The molecule has 0 fully saturated rings. The summed E-state index contributed by atoms with van der Waals surface area (Å²) in [6.45, 7) is 0. The molecule has 0 spiro atoms. The highest BCUT2D eigenvalue weighted by atomic mass is 16.3. The fourth-order valence-corrected chi connectivity index (χ4v) is 7.58. The van der Waals surface area contributed by atoms with Crippen molar-refractivity contribution in [3.05, 3.63) is 169 Å². The molecule has 1 aliphatic rings. The van der Waals surface area contributed by atoms with Gasteiger partial charge in [-0.1, -0.05) is 152 Å². The molecule has 2 aromatic heterocycles. The van der Waals surface area contributed by atoms with Gasteiger partial charge in [-0.25, -0.2) is 15.0 Å². The summed E-state index contributed by atoms with van der Waals surface area (Å²) < 4.78 is 6.69. The van der Waals surface area contributed by atoms with E-state index in [0.717, 1.165) is 62.6 Å². The maximum Gasteiger partial charge on any atom is 0.164 e. The van der Waals surface area contributed by atoms with Crippen LogP contribution in [0.2, 0.25) is 0 Å². The molecule has 0 atom stereocenters. The number of aromatic nitrogens is 3. The summed E-state index contributed by atoms with van der Waals surface area (Å²) in [5.41, 5.74) is 11.6. The number of benzene rings is 7. The number of hydrogen-bond acceptors (Lipinski definition) is 4. The van der Waals surface area contributed by atoms with Crippen molar-refractivity contribution in [3.8, 4) is 56.4 Å². The average molecular weight is 654 g/mol. The fraction of sp³-hybridized carbons (Fsp3) is 0.0426. The van der Waals surface area contributed by atoms with Crippen LogP contribution in [-0.4, -0.2) is 15.0 Å². The Bertz CT molecular complexity index is 2800. The Balaban J connectivity index is 1.19. The molecule has 0 N–H and O–H groups in total. The zero-order valence-corrected chi connectivity index (χ0v) is 27.8. The minimum Gasteiger partial charge on any atom is -0.455 e. The Morgan fingerprint density at radius 3 is 2.00 bits per heavy atom. The van der Waals surface area contributed by atoms with Gasteiger partial charge in [0.15, 0.2) is 17.5 Å². The van der Waals surface area contributed by atoms with E-state index >= 15 is 0 Å². The summed E-state index contributed by atoms with van der Waals surface area (Å²) in [6, 6.07) is 52.8. The van der Waals surface area contributed by atoms with Crippen LogP contribution in [0.1, 0.15) is 17.5 Å². The third kappa shape index (κ3) is 5.03. The highest BCUT2D eigenvalue weighted by molar-refractivity contribution is 6.15. The van der Waals surface area contributed by atoms with E-state index in [1.54, 1.807) is 0 Å². The normalized spacial score (nSPS) is 12.5. The standard InChI is InChI=1S/C47H31N3O/c1-3-14-31(15-4-1)35-27-28-39(38-20-10-9-19-37(35)38)46-48-45(32-16-5-2-6-17-32)49-47(50-46)41-23-12-24-42-43(41)40-22-11-21-36(44(40)51-42)34-26-25-30-13-7-8-18-33(30)29-34/h1-9,11-19,21-29H,10,20H2. The molecule has 0 saturated heterocycles. The number of allylic oxidation sites excluding steroid dienone is 1. The van der Waals surface area contributed by atoms with E-state index in [0.29, 0.717) is 17.5 Å². The van der Waals surface area contributed by atoms with Gasteiger partial charge in [0.05, 0.1) is 0 Å². The van der Waals surface area contributed by atoms with Gasteiger partial charge in [0.1, 0.15) is 11.2 Å². The molecular weight excluding hydrogens is 623 g/mol. The number of rotatable bonds is 5. The van der Waals surface area contributed by atoms with Crippen LogP contribution in [-0.2, 0) is 6.42 Å². The molecule has 10 rings (SSSR count). The van der Waals surface area contributed by atoms with Crippen molar-refractivity contribution < 1.29 is 4.42 Å². The lowest BCUT2D eigenvalue weighted by Gasteiger charge is -2.19. The second-order valence-electron chi connectivity index (χ2n) is 13.1. The zero-order chi connectivity index (χ0) is 33.7.